The number of benzene rings is 9. The van der Waals surface area contributed by atoms with Crippen LogP contribution in [0.1, 0.15) is 132 Å². The molecule has 8 aromatic carbocycles. The molecule has 0 saturated carbocycles. The number of methoxy groups -OCH3 is 2. The van der Waals surface area contributed by atoms with Crippen molar-refractivity contribution in [3.8, 4) is 56.9 Å². The third-order valence-electron chi connectivity index (χ3n) is 25.1. The van der Waals surface area contributed by atoms with E-state index in [1.165, 1.54) is 66.1 Å². The number of fused-ring (bicyclic) bond motifs is 4. The molecule has 8 aromatic rings. The molecule has 3 aliphatic carbocycles. The number of nitrogens with two attached hydrogens (primary N) is 1. The molecule has 28 nitrogen and oxygen atoms in total. The second-order valence-corrected chi connectivity index (χ2v) is 41.4. The molecule has 5 aliphatic rings. The number of nitrogens with one attached hydrogen (secondary N) is 3. The standard InChI is InChI=1S/C55H66FN5O9S2.C28H34FN3O3.C27H29ClN2O6S2.Ar/c1-9-59(10-2)43-23-26-47-52(35-43)70-53-36-44(60(11-3)12-4)24-27-48(53)55(47)39(6)54(72(65,66)67)32-38(5)71(63,64)58-31-19-14-13-18-30-57-49-28-25-46(68-8)33-41(49)37-61(40(7)62)50-34-42(56)22-29-51(50)69-45-20-16-15-17-21-45;1-21(33)32(27-19-23(29)12-15-28(27)35-24-10-6-5-7-11-24)20-22-18-25(34-2)13-14-26(22)31-17-9-4-3-8-16-30;1-5-29(6-2)18-9-12-21-24(15-18)36-25-16-19(30(7-3)8-4)10-13-22(25)27(21)23-14-11-20(37(28,31)32)17-26(23)38(33,34)35;/h15-17,20-29,32-36,47,52,57-58H,5-6,9-14,18-19,30-31,37H2,1-4,7-8H3;5-7,10-15,18-19,31H,3-4,8-9,16-17,20,30H2,1-2H3;9-17H,5-8H2,1-4H3;/b54-32+;;;. The maximum atomic E-state index is 14.7. The summed E-state index contributed by atoms with van der Waals surface area (Å²) in [6.45, 7) is 35.6. The van der Waals surface area contributed by atoms with Crippen LogP contribution in [0.2, 0.25) is 0 Å². The first kappa shape index (κ1) is 116. The summed E-state index contributed by atoms with van der Waals surface area (Å²) in [5, 5.41) is 8.41. The molecule has 2 aliphatic heterocycles. The minimum Gasteiger partial charge on any atom is -0.744 e. The fourth-order valence-electron chi connectivity index (χ4n) is 17.4. The number of anilines is 5. The molecule has 13 rings (SSSR count). The Morgan fingerprint density at radius 3 is 1.58 bits per heavy atom. The van der Waals surface area contributed by atoms with Gasteiger partial charge in [0.15, 0.2) is 11.5 Å². The van der Waals surface area contributed by atoms with Gasteiger partial charge >= 0.3 is 0 Å². The summed E-state index contributed by atoms with van der Waals surface area (Å²) in [7, 11) is -10.3. The first-order valence-electron chi connectivity index (χ1n) is 48.5. The Morgan fingerprint density at radius 2 is 1.09 bits per heavy atom. The van der Waals surface area contributed by atoms with Crippen molar-refractivity contribution in [2.75, 3.05) is 118 Å². The average Bonchev–Trinajstić information content (AvgIpc) is 0.735. The van der Waals surface area contributed by atoms with Crippen molar-refractivity contribution in [2.45, 2.75) is 150 Å². The van der Waals surface area contributed by atoms with Crippen LogP contribution in [0.25, 0.3) is 33.4 Å². The number of allylic oxidation sites excluding steroid dienone is 6. The summed E-state index contributed by atoms with van der Waals surface area (Å²) in [6, 6.07) is 52.2. The van der Waals surface area contributed by atoms with E-state index in [0.717, 1.165) is 148 Å². The van der Waals surface area contributed by atoms with Crippen LogP contribution >= 0.6 is 10.7 Å². The zero-order valence-electron chi connectivity index (χ0n) is 84.3. The van der Waals surface area contributed by atoms with Crippen LogP contribution in [0.3, 0.4) is 0 Å². The maximum Gasteiger partial charge on any atom is 0.261 e. The zero-order valence-corrected chi connectivity index (χ0v) is 89.0. The fraction of sp³-hybridized carbons (Fsp3) is 0.327. The largest absolute Gasteiger partial charge is 0.744 e. The van der Waals surface area contributed by atoms with E-state index in [0.29, 0.717) is 117 Å². The predicted octanol–water partition coefficient (Wildman–Crippen LogP) is 20.4. The van der Waals surface area contributed by atoms with Crippen LogP contribution in [0.15, 0.2) is 296 Å². The van der Waals surface area contributed by atoms with Crippen LogP contribution < -0.4 is 64.7 Å². The molecule has 2 unspecified atom stereocenters. The number of sulfonamides is 1. The molecule has 5 N–H and O–H groups in total. The van der Waals surface area contributed by atoms with Crippen LogP contribution in [0.5, 0.6) is 34.5 Å². The molecule has 2 heterocycles. The van der Waals surface area contributed by atoms with Crippen LogP contribution in [0, 0.1) is 55.3 Å². The van der Waals surface area contributed by atoms with Crippen LogP contribution in [0.4, 0.5) is 37.2 Å². The van der Waals surface area contributed by atoms with Gasteiger partial charge in [0.1, 0.15) is 104 Å². The van der Waals surface area contributed by atoms with Gasteiger partial charge in [-0.1, -0.05) is 87.4 Å². The second-order valence-electron chi connectivity index (χ2n) is 34.3. The number of hydrogen-bond acceptors (Lipinski definition) is 23. The monoisotopic (exact) mass is 2120 g/mol. The molecule has 0 spiro atoms. The minimum atomic E-state index is -5.28. The smallest absolute Gasteiger partial charge is 0.261 e. The van der Waals surface area contributed by atoms with Crippen molar-refractivity contribution < 1.29 is 132 Å². The van der Waals surface area contributed by atoms with E-state index in [1.54, 1.807) is 38.5 Å². The summed E-state index contributed by atoms with van der Waals surface area (Å²) in [4.78, 5) is 30.7. The molecule has 146 heavy (non-hydrogen) atoms. The van der Waals surface area contributed by atoms with Gasteiger partial charge in [0, 0.05) is 195 Å². The number of carbonyl (C=O) groups is 2. The number of halogens is 3. The summed E-state index contributed by atoms with van der Waals surface area (Å²) >= 11 is 0. The number of likely N-dealkylation sites (N-methyl/N-ethyl adjacent to an activating group) is 1. The molecule has 0 radical (unpaired) electrons. The normalized spacial score (nSPS) is 13.8. The Morgan fingerprint density at radius 1 is 0.568 bits per heavy atom. The quantitative estimate of drug-likeness (QED) is 0.00687. The number of amides is 2. The molecule has 2 atom stereocenters. The third kappa shape index (κ3) is 30.5. The predicted molar refractivity (Wildman–Crippen MR) is 570 cm³/mol. The zero-order chi connectivity index (χ0) is 105. The van der Waals surface area contributed by atoms with Gasteiger partial charge in [-0.2, -0.15) is 0 Å². The number of nitrogens with zero attached hydrogens (tertiary/aromatic N) is 6. The Bertz CT molecular complexity index is 7100. The number of unbranched alkanes of at least 4 members (excludes halogenated alkanes) is 6. The van der Waals surface area contributed by atoms with Gasteiger partial charge in [0.25, 0.3) is 9.05 Å². The summed E-state index contributed by atoms with van der Waals surface area (Å²) < 4.78 is 199. The Labute approximate surface area is 891 Å². The minimum absolute atomic E-state index is 0. The van der Waals surface area contributed by atoms with Gasteiger partial charge in [-0.3, -0.25) is 9.59 Å². The van der Waals surface area contributed by atoms with Gasteiger partial charge in [0.2, 0.25) is 32.9 Å². The number of carbonyl (C=O) groups excluding carboxylic acids is 2. The van der Waals surface area contributed by atoms with Crippen molar-refractivity contribution in [3.05, 3.63) is 310 Å². The van der Waals surface area contributed by atoms with Gasteiger partial charge in [0.05, 0.1) is 70.4 Å². The van der Waals surface area contributed by atoms with E-state index in [1.807, 2.05) is 193 Å². The van der Waals surface area contributed by atoms with Crippen molar-refractivity contribution in [1.82, 2.24) is 14.2 Å². The van der Waals surface area contributed by atoms with E-state index < -0.39 is 82.6 Å². The van der Waals surface area contributed by atoms with Crippen molar-refractivity contribution in [2.24, 2.45) is 11.7 Å². The molecular weight excluding hydrogens is 1990 g/mol. The molecule has 0 aromatic heterocycles. The van der Waals surface area contributed by atoms with Gasteiger partial charge in [-0.15, -0.1) is 0 Å². The fourth-order valence-corrected chi connectivity index (χ4v) is 20.6. The number of hydrogen-bond donors (Lipinski definition) is 4. The van der Waals surface area contributed by atoms with Crippen molar-refractivity contribution >= 4 is 107 Å². The Kier molecular flexibility index (Phi) is 43.2. The molecule has 36 heteroatoms. The first-order valence-corrected chi connectivity index (χ1v) is 55.1. The second kappa shape index (κ2) is 54.2. The molecule has 0 saturated heterocycles. The third-order valence-corrected chi connectivity index (χ3v) is 29.6. The van der Waals surface area contributed by atoms with Crippen LogP contribution in [-0.4, -0.2) is 169 Å². The van der Waals surface area contributed by atoms with E-state index in [2.05, 4.69) is 61.3 Å². The van der Waals surface area contributed by atoms with Gasteiger partial charge in [-0.05, 0) is 249 Å². The number of para-hydroxylation sites is 2. The van der Waals surface area contributed by atoms with E-state index in [9.17, 15) is 61.1 Å². The first-order chi connectivity index (χ1) is 69.3. The SMILES string of the molecule is C=C(C1=C2C=CC(=[N+](CC)CC)C=C2OC2C=C(N(CC)CC)C=CC12)/C(=C\C(=C)S(=O)(=O)NCCCCCCNc1ccc(OC)cc1CN(C(C)=O)c1cc(F)ccc1Oc1ccccc1)S(=O)(=O)[O-].CCN(CC)c1ccc2c(-c3ccc(S(=O)(=O)Cl)cc3S(=O)(=O)[O-])c3ccc(=[N+](CC)CC)cc-3oc2c1.COc1ccc(NCCCCCCN)c(CN(C(C)=O)c2cc(F)ccc2Oc2ccccc2)c1.[Ar]. The van der Waals surface area contributed by atoms with E-state index in [-0.39, 0.29) is 86.0 Å². The van der Waals surface area contributed by atoms with Crippen molar-refractivity contribution in [3.63, 3.8) is 0 Å². The molecule has 0 bridgehead atoms. The average molecular weight is 2120 g/mol. The molecule has 780 valence electrons. The summed E-state index contributed by atoms with van der Waals surface area (Å²) in [6.07, 6.45) is 18.5. The maximum absolute atomic E-state index is 14.7. The molecule has 0 fully saturated rings. The van der Waals surface area contributed by atoms with E-state index >= 15 is 0 Å². The van der Waals surface area contributed by atoms with Gasteiger partial charge < -0.3 is 73.2 Å². The summed E-state index contributed by atoms with van der Waals surface area (Å²) in [5.41, 5.74) is 14.6. The molecule has 2 amide bonds. The summed E-state index contributed by atoms with van der Waals surface area (Å²) in [5.74, 6) is 1.99. The van der Waals surface area contributed by atoms with Crippen LogP contribution in [-0.2, 0) is 66.7 Å². The van der Waals surface area contributed by atoms with Gasteiger partial charge in [-0.25, -0.2) is 56.3 Å². The topological polar surface area (TPSA) is 357 Å². The number of rotatable bonds is 46. The number of ether oxygens (including phenoxy) is 5. The Balaban J connectivity index is 0.000000247. The molecular formula is C110H129ArClF2N10O18S4. The van der Waals surface area contributed by atoms with E-state index in [4.69, 9.17) is 44.5 Å². The van der Waals surface area contributed by atoms with Crippen molar-refractivity contribution in [1.29, 1.82) is 0 Å². The Hall–Kier alpha value is -11.8.